The Hall–Kier alpha value is -1.04. The molecule has 3 rings (SSSR count). The van der Waals surface area contributed by atoms with E-state index >= 15 is 0 Å². The maximum Gasteiger partial charge on any atom is -0.0162 e. The highest BCUT2D eigenvalue weighted by Gasteiger charge is 2.30. The second-order valence-electron chi connectivity index (χ2n) is 8.25. The van der Waals surface area contributed by atoms with Crippen LogP contribution < -0.4 is 0 Å². The highest BCUT2D eigenvalue weighted by molar-refractivity contribution is 5.54. The molecule has 2 aliphatic rings. The van der Waals surface area contributed by atoms with Crippen LogP contribution in [0.5, 0.6) is 0 Å². The van der Waals surface area contributed by atoms with Crippen molar-refractivity contribution in [3.8, 4) is 0 Å². The molecule has 0 N–H and O–H groups in total. The van der Waals surface area contributed by atoms with Gasteiger partial charge in [-0.3, -0.25) is 0 Å². The molecule has 1 aromatic rings. The molecule has 0 amide bonds. The molecule has 1 aromatic carbocycles. The molecule has 0 bridgehead atoms. The van der Waals surface area contributed by atoms with Crippen LogP contribution in [0.3, 0.4) is 0 Å². The van der Waals surface area contributed by atoms with Crippen molar-refractivity contribution < 1.29 is 0 Å². The topological polar surface area (TPSA) is 0 Å². The van der Waals surface area contributed by atoms with Gasteiger partial charge in [0.05, 0.1) is 0 Å². The van der Waals surface area contributed by atoms with E-state index in [0.29, 0.717) is 0 Å². The lowest BCUT2D eigenvalue weighted by Gasteiger charge is -2.37. The van der Waals surface area contributed by atoms with Crippen molar-refractivity contribution in [2.45, 2.75) is 78.1 Å². The Kier molecular flexibility index (Phi) is 5.62. The number of hydrogen-bond acceptors (Lipinski definition) is 0. The Balaban J connectivity index is 1.57. The average molecular weight is 311 g/mol. The van der Waals surface area contributed by atoms with Crippen LogP contribution in [-0.4, -0.2) is 0 Å². The van der Waals surface area contributed by atoms with Crippen molar-refractivity contribution in [3.05, 3.63) is 41.0 Å². The van der Waals surface area contributed by atoms with E-state index in [1.54, 1.807) is 5.56 Å². The maximum atomic E-state index is 2.45. The van der Waals surface area contributed by atoms with Crippen molar-refractivity contribution in [2.24, 2.45) is 17.8 Å². The fourth-order valence-corrected chi connectivity index (χ4v) is 5.00. The number of aryl methyl sites for hydroxylation is 1. The van der Waals surface area contributed by atoms with E-state index in [9.17, 15) is 0 Å². The van der Waals surface area contributed by atoms with Gasteiger partial charge in [-0.1, -0.05) is 50.1 Å². The zero-order chi connectivity index (χ0) is 16.2. The molecule has 126 valence electrons. The quantitative estimate of drug-likeness (QED) is 0.557. The largest absolute Gasteiger partial charge is 0.0871 e. The van der Waals surface area contributed by atoms with Crippen molar-refractivity contribution in [1.82, 2.24) is 0 Å². The lowest BCUT2D eigenvalue weighted by Crippen LogP contribution is -2.24. The Morgan fingerprint density at radius 1 is 0.870 bits per heavy atom. The summed E-state index contributed by atoms with van der Waals surface area (Å²) in [7, 11) is 0. The third-order valence-corrected chi connectivity index (χ3v) is 6.61. The Morgan fingerprint density at radius 3 is 2.04 bits per heavy atom. The molecule has 0 radical (unpaired) electrons. The summed E-state index contributed by atoms with van der Waals surface area (Å²) in [5, 5.41) is 0. The molecule has 0 heteroatoms. The minimum atomic E-state index is 0.812. The predicted octanol–water partition coefficient (Wildman–Crippen LogP) is 7.13. The molecule has 0 aliphatic heterocycles. The summed E-state index contributed by atoms with van der Waals surface area (Å²) >= 11 is 0. The molecular formula is C23H34. The molecule has 0 aromatic heterocycles. The van der Waals surface area contributed by atoms with Gasteiger partial charge in [0, 0.05) is 0 Å². The summed E-state index contributed by atoms with van der Waals surface area (Å²) in [5.41, 5.74) is 4.40. The Labute approximate surface area is 143 Å². The van der Waals surface area contributed by atoms with E-state index in [1.165, 1.54) is 62.5 Å². The van der Waals surface area contributed by atoms with Gasteiger partial charge < -0.3 is 0 Å². The van der Waals surface area contributed by atoms with E-state index in [4.69, 9.17) is 0 Å². The third kappa shape index (κ3) is 4.08. The van der Waals surface area contributed by atoms with Gasteiger partial charge in [-0.2, -0.15) is 0 Å². The smallest absolute Gasteiger partial charge is 0.0162 e. The maximum absolute atomic E-state index is 2.45. The zero-order valence-electron chi connectivity index (χ0n) is 15.4. The minimum absolute atomic E-state index is 0.812. The Morgan fingerprint density at radius 2 is 1.48 bits per heavy atom. The van der Waals surface area contributed by atoms with Crippen molar-refractivity contribution >= 4 is 6.08 Å². The van der Waals surface area contributed by atoms with Gasteiger partial charge >= 0.3 is 0 Å². The fraction of sp³-hybridized carbons (Fsp3) is 0.652. The molecule has 2 fully saturated rings. The molecule has 0 heterocycles. The molecule has 2 aliphatic carbocycles. The molecule has 23 heavy (non-hydrogen) atoms. The van der Waals surface area contributed by atoms with Gasteiger partial charge in [-0.25, -0.2) is 0 Å². The minimum Gasteiger partial charge on any atom is -0.0871 e. The molecule has 0 unspecified atom stereocenters. The molecule has 2 saturated carbocycles. The van der Waals surface area contributed by atoms with Crippen LogP contribution in [0.2, 0.25) is 0 Å². The number of benzene rings is 1. The third-order valence-electron chi connectivity index (χ3n) is 6.61. The second kappa shape index (κ2) is 7.69. The van der Waals surface area contributed by atoms with Gasteiger partial charge in [-0.05, 0) is 92.7 Å². The van der Waals surface area contributed by atoms with Gasteiger partial charge in [-0.15, -0.1) is 0 Å². The van der Waals surface area contributed by atoms with Crippen molar-refractivity contribution in [3.63, 3.8) is 0 Å². The number of allylic oxidation sites excluding steroid dienone is 1. The van der Waals surface area contributed by atoms with Crippen LogP contribution in [0.4, 0.5) is 0 Å². The lowest BCUT2D eigenvalue weighted by atomic mass is 9.68. The van der Waals surface area contributed by atoms with Crippen LogP contribution >= 0.6 is 0 Å². The summed E-state index contributed by atoms with van der Waals surface area (Å²) < 4.78 is 0. The lowest BCUT2D eigenvalue weighted by molar-refractivity contribution is 0.165. The van der Waals surface area contributed by atoms with Crippen molar-refractivity contribution in [2.75, 3.05) is 0 Å². The fourth-order valence-electron chi connectivity index (χ4n) is 5.00. The Bertz CT molecular complexity index is 523. The van der Waals surface area contributed by atoms with Gasteiger partial charge in [0.25, 0.3) is 0 Å². The standard InChI is InChI=1S/C23H34/c1-4-5-19-10-15-23(16-18(19)3)22-13-11-21(12-14-22)20-8-6-17(2)7-9-20/h4-5,10,15-17,20-22H,6-9,11-14H2,1-3H3/b5-4+. The van der Waals surface area contributed by atoms with Crippen LogP contribution in [0.1, 0.15) is 87.8 Å². The average Bonchev–Trinajstić information content (AvgIpc) is 2.58. The predicted molar refractivity (Wildman–Crippen MR) is 102 cm³/mol. The van der Waals surface area contributed by atoms with Crippen LogP contribution in [0.25, 0.3) is 6.08 Å². The highest BCUT2D eigenvalue weighted by atomic mass is 14.4. The van der Waals surface area contributed by atoms with Crippen LogP contribution in [0.15, 0.2) is 24.3 Å². The van der Waals surface area contributed by atoms with E-state index in [2.05, 4.69) is 51.1 Å². The molecule has 0 nitrogen and oxygen atoms in total. The van der Waals surface area contributed by atoms with E-state index < -0.39 is 0 Å². The molecule has 0 atom stereocenters. The summed E-state index contributed by atoms with van der Waals surface area (Å²) in [6, 6.07) is 7.15. The van der Waals surface area contributed by atoms with E-state index in [0.717, 1.165) is 23.7 Å². The first-order valence-electron chi connectivity index (χ1n) is 9.90. The first-order valence-corrected chi connectivity index (χ1v) is 9.90. The van der Waals surface area contributed by atoms with Crippen LogP contribution in [-0.2, 0) is 0 Å². The number of rotatable bonds is 3. The zero-order valence-corrected chi connectivity index (χ0v) is 15.4. The molecule has 0 saturated heterocycles. The molecular weight excluding hydrogens is 276 g/mol. The van der Waals surface area contributed by atoms with Crippen LogP contribution in [0, 0.1) is 24.7 Å². The SMILES string of the molecule is C/C=C/c1ccc(C2CCC(C3CCC(C)CC3)CC2)cc1C. The van der Waals surface area contributed by atoms with Crippen molar-refractivity contribution in [1.29, 1.82) is 0 Å². The first kappa shape index (κ1) is 16.8. The second-order valence-corrected chi connectivity index (χ2v) is 8.25. The summed E-state index contributed by atoms with van der Waals surface area (Å²) in [6.45, 7) is 6.79. The van der Waals surface area contributed by atoms with Gasteiger partial charge in [0.2, 0.25) is 0 Å². The monoisotopic (exact) mass is 310 g/mol. The molecule has 0 spiro atoms. The summed E-state index contributed by atoms with van der Waals surface area (Å²) in [6.07, 6.45) is 16.1. The summed E-state index contributed by atoms with van der Waals surface area (Å²) in [5.74, 6) is 3.88. The normalized spacial score (nSPS) is 32.3. The summed E-state index contributed by atoms with van der Waals surface area (Å²) in [4.78, 5) is 0. The van der Waals surface area contributed by atoms with E-state index in [1.807, 2.05) is 0 Å². The highest BCUT2D eigenvalue weighted by Crippen LogP contribution is 2.43. The van der Waals surface area contributed by atoms with Gasteiger partial charge in [0.1, 0.15) is 0 Å². The van der Waals surface area contributed by atoms with E-state index in [-0.39, 0.29) is 0 Å². The first-order chi connectivity index (χ1) is 11.2. The number of hydrogen-bond donors (Lipinski definition) is 0. The van der Waals surface area contributed by atoms with Gasteiger partial charge in [0.15, 0.2) is 0 Å².